The molecule has 90 valence electrons. The smallest absolute Gasteiger partial charge is 0.229 e. The zero-order valence-electron chi connectivity index (χ0n) is 9.64. The molecule has 1 unspecified atom stereocenters. The lowest BCUT2D eigenvalue weighted by Gasteiger charge is -1.99. The third kappa shape index (κ3) is 2.68. The molecule has 0 amide bonds. The van der Waals surface area contributed by atoms with Crippen LogP contribution in [-0.2, 0) is 6.42 Å². The molecule has 0 saturated heterocycles. The van der Waals surface area contributed by atoms with Crippen LogP contribution in [0.5, 0.6) is 0 Å². The monoisotopic (exact) mass is 236 g/mol. The van der Waals surface area contributed by atoms with Gasteiger partial charge in [0.1, 0.15) is 5.82 Å². The van der Waals surface area contributed by atoms with Crippen molar-refractivity contribution in [2.45, 2.75) is 26.4 Å². The van der Waals surface area contributed by atoms with E-state index < -0.39 is 6.10 Å². The number of aliphatic hydroxyl groups is 1. The van der Waals surface area contributed by atoms with E-state index in [0.717, 1.165) is 11.1 Å². The lowest BCUT2D eigenvalue weighted by atomic mass is 10.1. The van der Waals surface area contributed by atoms with E-state index in [0.29, 0.717) is 18.1 Å². The van der Waals surface area contributed by atoms with Gasteiger partial charge in [-0.2, -0.15) is 4.98 Å². The first-order chi connectivity index (χ1) is 8.06. The van der Waals surface area contributed by atoms with Crippen LogP contribution in [0.2, 0.25) is 0 Å². The summed E-state index contributed by atoms with van der Waals surface area (Å²) >= 11 is 0. The summed E-state index contributed by atoms with van der Waals surface area (Å²) in [5.41, 5.74) is 1.47. The minimum absolute atomic E-state index is 0.293. The van der Waals surface area contributed by atoms with Gasteiger partial charge in [0.2, 0.25) is 11.7 Å². The maximum absolute atomic E-state index is 12.9. The summed E-state index contributed by atoms with van der Waals surface area (Å²) < 4.78 is 17.9. The van der Waals surface area contributed by atoms with Gasteiger partial charge in [-0.05, 0) is 37.6 Å². The Hall–Kier alpha value is -1.75. The minimum Gasteiger partial charge on any atom is -0.393 e. The minimum atomic E-state index is -0.530. The highest BCUT2D eigenvalue weighted by Crippen LogP contribution is 2.21. The lowest BCUT2D eigenvalue weighted by molar-refractivity contribution is 0.181. The average Bonchev–Trinajstić information content (AvgIpc) is 2.65. The molecule has 2 aromatic rings. The summed E-state index contributed by atoms with van der Waals surface area (Å²) in [5, 5.41) is 13.0. The van der Waals surface area contributed by atoms with Crippen LogP contribution < -0.4 is 0 Å². The zero-order chi connectivity index (χ0) is 12.4. The van der Waals surface area contributed by atoms with Gasteiger partial charge in [0, 0.05) is 5.56 Å². The van der Waals surface area contributed by atoms with E-state index in [1.807, 2.05) is 0 Å². The van der Waals surface area contributed by atoms with Crippen LogP contribution >= 0.6 is 0 Å². The Kier molecular flexibility index (Phi) is 3.19. The molecule has 4 nitrogen and oxygen atoms in total. The fourth-order valence-corrected chi connectivity index (χ4v) is 1.58. The van der Waals surface area contributed by atoms with Crippen LogP contribution in [0.1, 0.15) is 18.4 Å². The average molecular weight is 236 g/mol. The maximum atomic E-state index is 12.9. The van der Waals surface area contributed by atoms with Crippen molar-refractivity contribution in [3.05, 3.63) is 35.5 Å². The van der Waals surface area contributed by atoms with Crippen LogP contribution in [0, 0.1) is 12.7 Å². The Balaban J connectivity index is 2.30. The SMILES string of the molecule is Cc1cc(F)ccc1-c1noc(CC(C)O)n1. The molecule has 1 aromatic heterocycles. The van der Waals surface area contributed by atoms with Crippen molar-refractivity contribution >= 4 is 0 Å². The zero-order valence-corrected chi connectivity index (χ0v) is 9.64. The van der Waals surface area contributed by atoms with Gasteiger partial charge in [-0.3, -0.25) is 0 Å². The van der Waals surface area contributed by atoms with Crippen molar-refractivity contribution < 1.29 is 14.0 Å². The van der Waals surface area contributed by atoms with Crippen molar-refractivity contribution in [1.29, 1.82) is 0 Å². The molecule has 0 aliphatic carbocycles. The van der Waals surface area contributed by atoms with Crippen molar-refractivity contribution in [2.24, 2.45) is 0 Å². The molecule has 1 aromatic carbocycles. The number of hydrogen-bond donors (Lipinski definition) is 1. The maximum Gasteiger partial charge on any atom is 0.229 e. The van der Waals surface area contributed by atoms with Gasteiger partial charge in [0.05, 0.1) is 12.5 Å². The van der Waals surface area contributed by atoms with Gasteiger partial charge < -0.3 is 9.63 Å². The number of rotatable bonds is 3. The molecule has 0 aliphatic heterocycles. The highest BCUT2D eigenvalue weighted by atomic mass is 19.1. The highest BCUT2D eigenvalue weighted by Gasteiger charge is 2.12. The third-order valence-electron chi connectivity index (χ3n) is 2.37. The van der Waals surface area contributed by atoms with Gasteiger partial charge in [0.15, 0.2) is 0 Å². The van der Waals surface area contributed by atoms with Crippen molar-refractivity contribution in [3.8, 4) is 11.4 Å². The van der Waals surface area contributed by atoms with Crippen molar-refractivity contribution in [3.63, 3.8) is 0 Å². The second-order valence-corrected chi connectivity index (χ2v) is 4.02. The highest BCUT2D eigenvalue weighted by molar-refractivity contribution is 5.59. The van der Waals surface area contributed by atoms with Gasteiger partial charge in [0.25, 0.3) is 0 Å². The van der Waals surface area contributed by atoms with E-state index in [2.05, 4.69) is 10.1 Å². The Labute approximate surface area is 98.1 Å². The molecular formula is C12H13FN2O2. The number of aryl methyl sites for hydroxylation is 1. The summed E-state index contributed by atoms with van der Waals surface area (Å²) in [6.07, 6.45) is -0.217. The molecule has 0 spiro atoms. The predicted molar refractivity (Wildman–Crippen MR) is 59.8 cm³/mol. The Morgan fingerprint density at radius 1 is 1.47 bits per heavy atom. The molecule has 1 N–H and O–H groups in total. The van der Waals surface area contributed by atoms with E-state index in [4.69, 9.17) is 4.52 Å². The molecule has 0 aliphatic rings. The van der Waals surface area contributed by atoms with E-state index in [1.54, 1.807) is 19.9 Å². The number of halogens is 1. The molecular weight excluding hydrogens is 223 g/mol. The number of nitrogens with zero attached hydrogens (tertiary/aromatic N) is 2. The van der Waals surface area contributed by atoms with Crippen LogP contribution in [0.3, 0.4) is 0 Å². The summed E-state index contributed by atoms with van der Waals surface area (Å²) in [6.45, 7) is 3.43. The molecule has 0 saturated carbocycles. The Morgan fingerprint density at radius 3 is 2.88 bits per heavy atom. The summed E-state index contributed by atoms with van der Waals surface area (Å²) in [7, 11) is 0. The molecule has 5 heteroatoms. The molecule has 1 heterocycles. The van der Waals surface area contributed by atoms with Gasteiger partial charge in [-0.15, -0.1) is 0 Å². The second-order valence-electron chi connectivity index (χ2n) is 4.02. The van der Waals surface area contributed by atoms with E-state index in [9.17, 15) is 9.50 Å². The molecule has 2 rings (SSSR count). The lowest BCUT2D eigenvalue weighted by Crippen LogP contribution is -2.04. The van der Waals surface area contributed by atoms with Crippen LogP contribution in [-0.4, -0.2) is 21.4 Å². The van der Waals surface area contributed by atoms with E-state index >= 15 is 0 Å². The van der Waals surface area contributed by atoms with Crippen LogP contribution in [0.15, 0.2) is 22.7 Å². The topological polar surface area (TPSA) is 59.2 Å². The van der Waals surface area contributed by atoms with E-state index in [-0.39, 0.29) is 5.82 Å². The Morgan fingerprint density at radius 2 is 2.24 bits per heavy atom. The number of benzene rings is 1. The second kappa shape index (κ2) is 4.63. The van der Waals surface area contributed by atoms with Crippen molar-refractivity contribution in [2.75, 3.05) is 0 Å². The largest absolute Gasteiger partial charge is 0.393 e. The Bertz CT molecular complexity index is 523. The third-order valence-corrected chi connectivity index (χ3v) is 2.37. The number of aromatic nitrogens is 2. The molecule has 1 atom stereocenters. The molecule has 0 fully saturated rings. The molecule has 0 radical (unpaired) electrons. The fourth-order valence-electron chi connectivity index (χ4n) is 1.58. The van der Waals surface area contributed by atoms with Crippen LogP contribution in [0.25, 0.3) is 11.4 Å². The van der Waals surface area contributed by atoms with Crippen LogP contribution in [0.4, 0.5) is 4.39 Å². The van der Waals surface area contributed by atoms with Gasteiger partial charge in [-0.1, -0.05) is 5.16 Å². The first kappa shape index (κ1) is 11.7. The molecule has 17 heavy (non-hydrogen) atoms. The predicted octanol–water partition coefficient (Wildman–Crippen LogP) is 2.11. The van der Waals surface area contributed by atoms with Gasteiger partial charge >= 0.3 is 0 Å². The normalized spacial score (nSPS) is 12.7. The first-order valence-corrected chi connectivity index (χ1v) is 5.33. The van der Waals surface area contributed by atoms with Crippen molar-refractivity contribution in [1.82, 2.24) is 10.1 Å². The standard InChI is InChI=1S/C12H13FN2O2/c1-7-5-9(13)3-4-10(7)12-14-11(17-15-12)6-8(2)16/h3-5,8,16H,6H2,1-2H3. The molecule has 0 bridgehead atoms. The summed E-state index contributed by atoms with van der Waals surface area (Å²) in [4.78, 5) is 4.15. The summed E-state index contributed by atoms with van der Waals surface area (Å²) in [5.74, 6) is 0.496. The quantitative estimate of drug-likeness (QED) is 0.886. The first-order valence-electron chi connectivity index (χ1n) is 5.33. The summed E-state index contributed by atoms with van der Waals surface area (Å²) in [6, 6.07) is 4.38. The fraction of sp³-hybridized carbons (Fsp3) is 0.333. The number of hydrogen-bond acceptors (Lipinski definition) is 4. The van der Waals surface area contributed by atoms with Gasteiger partial charge in [-0.25, -0.2) is 4.39 Å². The number of aliphatic hydroxyl groups excluding tert-OH is 1. The van der Waals surface area contributed by atoms with E-state index in [1.165, 1.54) is 12.1 Å².